The van der Waals surface area contributed by atoms with Gasteiger partial charge >= 0.3 is 0 Å². The molecule has 5 atom stereocenters. The van der Waals surface area contributed by atoms with E-state index < -0.39 is 0 Å². The molecule has 2 bridgehead atoms. The molecule has 0 aromatic rings. The molecule has 94 valence electrons. The Bertz CT molecular complexity index is 247. The van der Waals surface area contributed by atoms with Gasteiger partial charge in [0.1, 0.15) is 0 Å². The second-order valence-corrected chi connectivity index (χ2v) is 8.62. The largest absolute Gasteiger partial charge is 0.0619 e. The minimum Gasteiger partial charge on any atom is -0.0619 e. The lowest BCUT2D eigenvalue weighted by atomic mass is 9.42. The first kappa shape index (κ1) is 12.5. The first-order chi connectivity index (χ1) is 7.12. The zero-order chi connectivity index (χ0) is 12.3. The molecule has 5 unspecified atom stereocenters. The number of hydrogen-bond donors (Lipinski definition) is 0. The third-order valence-corrected chi connectivity index (χ3v) is 5.52. The Labute approximate surface area is 102 Å². The standard InChI is InChI=1S/C16H30/c1-10-12-8-11(14(12)16(5,6)7)9-13(10)15(2,3)4/h10-14H,8-9H2,1-7H3. The van der Waals surface area contributed by atoms with E-state index in [-0.39, 0.29) is 0 Å². The first-order valence-electron chi connectivity index (χ1n) is 7.12. The molecular weight excluding hydrogens is 192 g/mol. The molecule has 0 heterocycles. The Morgan fingerprint density at radius 1 is 0.812 bits per heavy atom. The van der Waals surface area contributed by atoms with Gasteiger partial charge in [-0.2, -0.15) is 0 Å². The van der Waals surface area contributed by atoms with E-state index >= 15 is 0 Å². The third kappa shape index (κ3) is 1.83. The van der Waals surface area contributed by atoms with Crippen molar-refractivity contribution in [3.63, 3.8) is 0 Å². The first-order valence-corrected chi connectivity index (χ1v) is 7.12. The van der Waals surface area contributed by atoms with Crippen molar-refractivity contribution in [3.8, 4) is 0 Å². The highest BCUT2D eigenvalue weighted by molar-refractivity contribution is 5.05. The topological polar surface area (TPSA) is 0 Å². The van der Waals surface area contributed by atoms with E-state index in [1.54, 1.807) is 0 Å². The molecule has 0 heteroatoms. The van der Waals surface area contributed by atoms with Gasteiger partial charge in [0.05, 0.1) is 0 Å². The summed E-state index contributed by atoms with van der Waals surface area (Å²) in [6.45, 7) is 17.2. The van der Waals surface area contributed by atoms with Crippen LogP contribution in [0.3, 0.4) is 0 Å². The molecule has 0 aromatic heterocycles. The Balaban J connectivity index is 2.14. The second kappa shape index (κ2) is 3.50. The van der Waals surface area contributed by atoms with Crippen LogP contribution in [0.15, 0.2) is 0 Å². The maximum atomic E-state index is 2.52. The highest BCUT2D eigenvalue weighted by atomic mass is 14.6. The van der Waals surface area contributed by atoms with Crippen LogP contribution >= 0.6 is 0 Å². The van der Waals surface area contributed by atoms with Crippen LogP contribution in [0.1, 0.15) is 61.3 Å². The van der Waals surface area contributed by atoms with Crippen molar-refractivity contribution >= 4 is 0 Å². The van der Waals surface area contributed by atoms with Crippen LogP contribution in [0, 0.1) is 40.4 Å². The van der Waals surface area contributed by atoms with Crippen LogP contribution in [0.4, 0.5) is 0 Å². The molecule has 3 saturated carbocycles. The average molecular weight is 222 g/mol. The third-order valence-electron chi connectivity index (χ3n) is 5.52. The van der Waals surface area contributed by atoms with E-state index in [1.165, 1.54) is 12.8 Å². The highest BCUT2D eigenvalue weighted by Gasteiger charge is 2.56. The zero-order valence-corrected chi connectivity index (χ0v) is 12.3. The fourth-order valence-corrected chi connectivity index (χ4v) is 4.91. The van der Waals surface area contributed by atoms with Crippen LogP contribution < -0.4 is 0 Å². The minimum absolute atomic E-state index is 0.513. The quantitative estimate of drug-likeness (QED) is 0.542. The van der Waals surface area contributed by atoms with E-state index in [9.17, 15) is 0 Å². The van der Waals surface area contributed by atoms with E-state index in [4.69, 9.17) is 0 Å². The average Bonchev–Trinajstić information content (AvgIpc) is 1.96. The van der Waals surface area contributed by atoms with Gasteiger partial charge in [-0.15, -0.1) is 0 Å². The summed E-state index contributed by atoms with van der Waals surface area (Å²) in [5.74, 6) is 4.94. The second-order valence-electron chi connectivity index (χ2n) is 8.62. The number of fused-ring (bicyclic) bond motifs is 2. The van der Waals surface area contributed by atoms with Gasteiger partial charge in [0.2, 0.25) is 0 Å². The molecular formula is C16H30. The predicted octanol–water partition coefficient (Wildman–Crippen LogP) is 4.99. The van der Waals surface area contributed by atoms with E-state index in [0.717, 1.165) is 29.6 Å². The molecule has 3 fully saturated rings. The van der Waals surface area contributed by atoms with E-state index in [1.807, 2.05) is 0 Å². The molecule has 16 heavy (non-hydrogen) atoms. The number of hydrogen-bond acceptors (Lipinski definition) is 0. The highest BCUT2D eigenvalue weighted by Crippen LogP contribution is 2.63. The van der Waals surface area contributed by atoms with Crippen LogP contribution in [0.25, 0.3) is 0 Å². The van der Waals surface area contributed by atoms with Gasteiger partial charge in [-0.1, -0.05) is 48.5 Å². The summed E-state index contributed by atoms with van der Waals surface area (Å²) in [5, 5.41) is 0. The normalized spacial score (nSPS) is 44.1. The van der Waals surface area contributed by atoms with Gasteiger partial charge in [-0.05, 0) is 53.3 Å². The van der Waals surface area contributed by atoms with E-state index in [0.29, 0.717) is 10.8 Å². The Hall–Kier alpha value is 0. The lowest BCUT2D eigenvalue weighted by Crippen LogP contribution is -2.56. The fraction of sp³-hybridized carbons (Fsp3) is 1.00. The summed E-state index contributed by atoms with van der Waals surface area (Å²) < 4.78 is 0. The molecule has 0 saturated heterocycles. The van der Waals surface area contributed by atoms with Crippen molar-refractivity contribution in [1.29, 1.82) is 0 Å². The summed E-state index contributed by atoms with van der Waals surface area (Å²) in [4.78, 5) is 0. The van der Waals surface area contributed by atoms with Gasteiger partial charge in [-0.3, -0.25) is 0 Å². The summed E-state index contributed by atoms with van der Waals surface area (Å²) in [5.41, 5.74) is 1.05. The van der Waals surface area contributed by atoms with Crippen molar-refractivity contribution < 1.29 is 0 Å². The molecule has 3 aliphatic carbocycles. The molecule has 0 radical (unpaired) electrons. The zero-order valence-electron chi connectivity index (χ0n) is 12.3. The smallest absolute Gasteiger partial charge is 0.0306 e. The van der Waals surface area contributed by atoms with Crippen molar-refractivity contribution in [1.82, 2.24) is 0 Å². The molecule has 3 aliphatic rings. The number of rotatable bonds is 0. The summed E-state index contributed by atoms with van der Waals surface area (Å²) in [7, 11) is 0. The van der Waals surface area contributed by atoms with Gasteiger partial charge < -0.3 is 0 Å². The molecule has 0 nitrogen and oxygen atoms in total. The predicted molar refractivity (Wildman–Crippen MR) is 71.3 cm³/mol. The van der Waals surface area contributed by atoms with Crippen molar-refractivity contribution in [3.05, 3.63) is 0 Å². The Morgan fingerprint density at radius 2 is 1.38 bits per heavy atom. The molecule has 0 spiro atoms. The lowest BCUT2D eigenvalue weighted by molar-refractivity contribution is -0.139. The maximum absolute atomic E-state index is 2.52. The lowest BCUT2D eigenvalue weighted by Gasteiger charge is -2.63. The fourth-order valence-electron chi connectivity index (χ4n) is 4.91. The molecule has 3 rings (SSSR count). The van der Waals surface area contributed by atoms with E-state index in [2.05, 4.69) is 48.5 Å². The van der Waals surface area contributed by atoms with Crippen LogP contribution in [0.5, 0.6) is 0 Å². The molecule has 0 aromatic carbocycles. The van der Waals surface area contributed by atoms with Crippen molar-refractivity contribution in [2.45, 2.75) is 61.3 Å². The maximum Gasteiger partial charge on any atom is -0.0306 e. The van der Waals surface area contributed by atoms with Crippen molar-refractivity contribution in [2.24, 2.45) is 40.4 Å². The van der Waals surface area contributed by atoms with Crippen LogP contribution in [0.2, 0.25) is 0 Å². The molecule has 0 N–H and O–H groups in total. The van der Waals surface area contributed by atoms with Crippen LogP contribution in [-0.4, -0.2) is 0 Å². The van der Waals surface area contributed by atoms with Crippen LogP contribution in [-0.2, 0) is 0 Å². The molecule has 0 aliphatic heterocycles. The Morgan fingerprint density at radius 3 is 1.75 bits per heavy atom. The SMILES string of the molecule is CC1C2CC(CC1C(C)(C)C)C2C(C)(C)C. The van der Waals surface area contributed by atoms with Gasteiger partial charge in [0.15, 0.2) is 0 Å². The summed E-state index contributed by atoms with van der Waals surface area (Å²) >= 11 is 0. The van der Waals surface area contributed by atoms with Gasteiger partial charge in [-0.25, -0.2) is 0 Å². The molecule has 0 amide bonds. The Kier molecular flexibility index (Phi) is 2.72. The minimum atomic E-state index is 0.513. The monoisotopic (exact) mass is 222 g/mol. The summed E-state index contributed by atoms with van der Waals surface area (Å²) in [6.07, 6.45) is 3.01. The van der Waals surface area contributed by atoms with Gasteiger partial charge in [0.25, 0.3) is 0 Å². The summed E-state index contributed by atoms with van der Waals surface area (Å²) in [6, 6.07) is 0. The van der Waals surface area contributed by atoms with Gasteiger partial charge in [0, 0.05) is 0 Å². The van der Waals surface area contributed by atoms with Crippen molar-refractivity contribution in [2.75, 3.05) is 0 Å².